The van der Waals surface area contributed by atoms with E-state index in [0.29, 0.717) is 5.69 Å². The number of sulfonamides is 1. The number of hydrogen-bond donors (Lipinski definition) is 2. The first-order chi connectivity index (χ1) is 16.2. The lowest BCUT2D eigenvalue weighted by molar-refractivity contribution is 0.102. The fourth-order valence-electron chi connectivity index (χ4n) is 3.92. The van der Waals surface area contributed by atoms with Gasteiger partial charge in [0.1, 0.15) is 5.82 Å². The van der Waals surface area contributed by atoms with E-state index in [9.17, 15) is 17.6 Å². The molecule has 1 aliphatic rings. The van der Waals surface area contributed by atoms with E-state index in [4.69, 9.17) is 0 Å². The average molecular weight is 483 g/mol. The quantitative estimate of drug-likeness (QED) is 0.556. The normalized spacial score (nSPS) is 14.6. The van der Waals surface area contributed by atoms with Crippen molar-refractivity contribution in [1.29, 1.82) is 0 Å². The predicted molar refractivity (Wildman–Crippen MR) is 132 cm³/mol. The fraction of sp³-hybridized carbons (Fsp3) is 0.240. The van der Waals surface area contributed by atoms with Gasteiger partial charge in [-0.05, 0) is 74.1 Å². The first-order valence-corrected chi connectivity index (χ1v) is 12.4. The molecule has 7 nitrogen and oxygen atoms in total. The molecule has 4 rings (SSSR count). The van der Waals surface area contributed by atoms with E-state index in [1.165, 1.54) is 18.2 Å². The molecule has 3 aromatic carbocycles. The van der Waals surface area contributed by atoms with Gasteiger partial charge in [0, 0.05) is 37.6 Å². The van der Waals surface area contributed by atoms with Gasteiger partial charge in [-0.15, -0.1) is 0 Å². The second-order valence-electron chi connectivity index (χ2n) is 8.35. The van der Waals surface area contributed by atoms with Crippen molar-refractivity contribution in [3.05, 3.63) is 83.7 Å². The van der Waals surface area contributed by atoms with Gasteiger partial charge >= 0.3 is 0 Å². The number of nitrogens with zero attached hydrogens (tertiary/aromatic N) is 2. The third kappa shape index (κ3) is 5.37. The highest BCUT2D eigenvalue weighted by atomic mass is 32.2. The highest BCUT2D eigenvalue weighted by Gasteiger charge is 2.20. The summed E-state index contributed by atoms with van der Waals surface area (Å²) in [6.07, 6.45) is 0. The number of benzene rings is 3. The SMILES string of the molecule is Cc1cc(NC(=O)c2ccccc2NS(=O)(=O)c2ccc(F)cc2)ccc1N1CCN(C)CC1. The Morgan fingerprint density at radius 2 is 1.62 bits per heavy atom. The van der Waals surface area contributed by atoms with Crippen molar-refractivity contribution in [3.63, 3.8) is 0 Å². The zero-order valence-electron chi connectivity index (χ0n) is 19.1. The number of rotatable bonds is 6. The van der Waals surface area contributed by atoms with Crippen LogP contribution in [0.15, 0.2) is 71.6 Å². The maximum atomic E-state index is 13.2. The van der Waals surface area contributed by atoms with Gasteiger partial charge in [0.25, 0.3) is 15.9 Å². The van der Waals surface area contributed by atoms with Crippen LogP contribution in [0.3, 0.4) is 0 Å². The molecule has 1 saturated heterocycles. The van der Waals surface area contributed by atoms with Crippen LogP contribution < -0.4 is 14.9 Å². The third-order valence-electron chi connectivity index (χ3n) is 5.84. The smallest absolute Gasteiger partial charge is 0.261 e. The molecule has 9 heteroatoms. The van der Waals surface area contributed by atoms with Crippen molar-refractivity contribution in [2.45, 2.75) is 11.8 Å². The Morgan fingerprint density at radius 1 is 0.941 bits per heavy atom. The summed E-state index contributed by atoms with van der Waals surface area (Å²) in [5, 5.41) is 2.86. The second kappa shape index (κ2) is 9.82. The number of carbonyl (C=O) groups is 1. The Kier molecular flexibility index (Phi) is 6.85. The molecule has 0 unspecified atom stereocenters. The lowest BCUT2D eigenvalue weighted by Crippen LogP contribution is -2.44. The van der Waals surface area contributed by atoms with E-state index < -0.39 is 21.7 Å². The summed E-state index contributed by atoms with van der Waals surface area (Å²) >= 11 is 0. The van der Waals surface area contributed by atoms with Gasteiger partial charge in [0.05, 0.1) is 16.1 Å². The van der Waals surface area contributed by atoms with E-state index >= 15 is 0 Å². The minimum absolute atomic E-state index is 0.0979. The van der Waals surface area contributed by atoms with Gasteiger partial charge in [-0.3, -0.25) is 9.52 Å². The summed E-state index contributed by atoms with van der Waals surface area (Å²) in [4.78, 5) is 17.6. The molecule has 3 aromatic rings. The number of amides is 1. The molecular formula is C25H27FN4O3S. The van der Waals surface area contributed by atoms with Gasteiger partial charge in [0.2, 0.25) is 0 Å². The summed E-state index contributed by atoms with van der Waals surface area (Å²) in [5.41, 5.74) is 3.12. The summed E-state index contributed by atoms with van der Waals surface area (Å²) in [6, 6.07) is 16.6. The summed E-state index contributed by atoms with van der Waals surface area (Å²) in [6.45, 7) is 5.91. The first-order valence-electron chi connectivity index (χ1n) is 11.0. The first kappa shape index (κ1) is 23.7. The molecule has 0 atom stereocenters. The number of piperazine rings is 1. The number of para-hydroxylation sites is 1. The van der Waals surface area contributed by atoms with Crippen molar-refractivity contribution < 1.29 is 17.6 Å². The molecule has 1 heterocycles. The maximum absolute atomic E-state index is 13.2. The maximum Gasteiger partial charge on any atom is 0.261 e. The van der Waals surface area contributed by atoms with Crippen LogP contribution in [0.2, 0.25) is 0 Å². The molecule has 0 aromatic heterocycles. The van der Waals surface area contributed by atoms with Crippen LogP contribution in [0.1, 0.15) is 15.9 Å². The zero-order valence-corrected chi connectivity index (χ0v) is 19.9. The third-order valence-corrected chi connectivity index (χ3v) is 7.22. The number of halogens is 1. The van der Waals surface area contributed by atoms with Gasteiger partial charge in [-0.25, -0.2) is 12.8 Å². The van der Waals surface area contributed by atoms with Crippen LogP contribution >= 0.6 is 0 Å². The number of hydrogen-bond acceptors (Lipinski definition) is 5. The minimum Gasteiger partial charge on any atom is -0.369 e. The van der Waals surface area contributed by atoms with Crippen molar-refractivity contribution >= 4 is 33.0 Å². The van der Waals surface area contributed by atoms with E-state index in [1.807, 2.05) is 25.1 Å². The molecule has 2 N–H and O–H groups in total. The van der Waals surface area contributed by atoms with E-state index in [1.54, 1.807) is 18.2 Å². The van der Waals surface area contributed by atoms with Gasteiger partial charge in [-0.2, -0.15) is 0 Å². The fourth-order valence-corrected chi connectivity index (χ4v) is 5.00. The van der Waals surface area contributed by atoms with Crippen LogP contribution in [0.25, 0.3) is 0 Å². The van der Waals surface area contributed by atoms with Crippen LogP contribution in [0.4, 0.5) is 21.5 Å². The van der Waals surface area contributed by atoms with Crippen molar-refractivity contribution in [1.82, 2.24) is 4.90 Å². The summed E-state index contributed by atoms with van der Waals surface area (Å²) in [7, 11) is -1.88. The lowest BCUT2D eigenvalue weighted by Gasteiger charge is -2.35. The Morgan fingerprint density at radius 3 is 2.29 bits per heavy atom. The molecule has 0 spiro atoms. The topological polar surface area (TPSA) is 81.8 Å². The number of carbonyl (C=O) groups excluding carboxylic acids is 1. The van der Waals surface area contributed by atoms with Crippen molar-refractivity contribution in [2.24, 2.45) is 0 Å². The number of anilines is 3. The lowest BCUT2D eigenvalue weighted by atomic mass is 10.1. The Bertz CT molecular complexity index is 1290. The zero-order chi connectivity index (χ0) is 24.3. The van der Waals surface area contributed by atoms with E-state index in [2.05, 4.69) is 26.9 Å². The van der Waals surface area contributed by atoms with Gasteiger partial charge < -0.3 is 15.1 Å². The molecule has 1 fully saturated rings. The van der Waals surface area contributed by atoms with Gasteiger partial charge in [0.15, 0.2) is 0 Å². The van der Waals surface area contributed by atoms with Crippen molar-refractivity contribution in [2.75, 3.05) is 48.2 Å². The molecule has 1 amide bonds. The van der Waals surface area contributed by atoms with Crippen LogP contribution in [-0.2, 0) is 10.0 Å². The van der Waals surface area contributed by atoms with Crippen LogP contribution in [0, 0.1) is 12.7 Å². The molecule has 0 bridgehead atoms. The largest absolute Gasteiger partial charge is 0.369 e. The van der Waals surface area contributed by atoms with Crippen LogP contribution in [-0.4, -0.2) is 52.5 Å². The molecular weight excluding hydrogens is 455 g/mol. The monoisotopic (exact) mass is 482 g/mol. The van der Waals surface area contributed by atoms with Crippen molar-refractivity contribution in [3.8, 4) is 0 Å². The average Bonchev–Trinajstić information content (AvgIpc) is 2.80. The number of aryl methyl sites for hydroxylation is 1. The Hall–Kier alpha value is -3.43. The molecule has 34 heavy (non-hydrogen) atoms. The highest BCUT2D eigenvalue weighted by molar-refractivity contribution is 7.92. The molecule has 0 radical (unpaired) electrons. The summed E-state index contributed by atoms with van der Waals surface area (Å²) in [5.74, 6) is -0.975. The second-order valence-corrected chi connectivity index (χ2v) is 10.0. The molecule has 178 valence electrons. The highest BCUT2D eigenvalue weighted by Crippen LogP contribution is 2.26. The van der Waals surface area contributed by atoms with Crippen LogP contribution in [0.5, 0.6) is 0 Å². The van der Waals surface area contributed by atoms with Gasteiger partial charge in [-0.1, -0.05) is 12.1 Å². The van der Waals surface area contributed by atoms with E-state index in [-0.39, 0.29) is 16.1 Å². The molecule has 0 saturated carbocycles. The Balaban J connectivity index is 1.51. The number of likely N-dealkylation sites (N-methyl/N-ethyl adjacent to an activating group) is 1. The van der Waals surface area contributed by atoms with E-state index in [0.717, 1.165) is 49.6 Å². The summed E-state index contributed by atoms with van der Waals surface area (Å²) < 4.78 is 41.1. The number of nitrogens with one attached hydrogen (secondary N) is 2. The minimum atomic E-state index is -3.99. The molecule has 0 aliphatic carbocycles. The Labute approximate surface area is 199 Å². The predicted octanol–water partition coefficient (Wildman–Crippen LogP) is 3.94. The standard InChI is InChI=1S/C25H27FN4O3S/c1-18-17-20(9-12-24(18)30-15-13-29(2)14-16-30)27-25(31)22-5-3-4-6-23(22)28-34(32,33)21-10-7-19(26)8-11-21/h3-12,17,28H,13-16H2,1-2H3,(H,27,31). The molecule has 1 aliphatic heterocycles.